The molecule has 0 aliphatic rings. The van der Waals surface area contributed by atoms with Gasteiger partial charge in [0.2, 0.25) is 0 Å². The number of fused-ring (bicyclic) bond motifs is 1. The van der Waals surface area contributed by atoms with Gasteiger partial charge in [-0.2, -0.15) is 0 Å². The Labute approximate surface area is 131 Å². The highest BCUT2D eigenvalue weighted by molar-refractivity contribution is 5.96. The molecule has 1 amide bonds. The van der Waals surface area contributed by atoms with E-state index in [1.807, 2.05) is 0 Å². The number of amides is 1. The van der Waals surface area contributed by atoms with Crippen molar-refractivity contribution in [3.63, 3.8) is 0 Å². The molecular formula is C17H15NO5. The molecule has 0 bridgehead atoms. The Hall–Kier alpha value is -2.86. The Balaban J connectivity index is 1.75. The molecular weight excluding hydrogens is 298 g/mol. The van der Waals surface area contributed by atoms with Gasteiger partial charge in [0.25, 0.3) is 5.91 Å². The maximum atomic E-state index is 12.1. The molecule has 0 saturated carbocycles. The fourth-order valence-electron chi connectivity index (χ4n) is 2.24. The van der Waals surface area contributed by atoms with E-state index in [2.05, 4.69) is 5.32 Å². The molecule has 3 aromatic rings. The summed E-state index contributed by atoms with van der Waals surface area (Å²) in [7, 11) is 0. The van der Waals surface area contributed by atoms with E-state index in [1.165, 1.54) is 6.07 Å². The van der Waals surface area contributed by atoms with Crippen LogP contribution in [0.2, 0.25) is 0 Å². The molecule has 3 rings (SSSR count). The number of carbonyl (C=O) groups excluding carboxylic acids is 1. The van der Waals surface area contributed by atoms with Crippen molar-refractivity contribution >= 4 is 16.9 Å². The minimum absolute atomic E-state index is 0.0714. The highest BCUT2D eigenvalue weighted by Gasteiger charge is 2.17. The molecule has 0 radical (unpaired) electrons. The van der Waals surface area contributed by atoms with Crippen LogP contribution in [0.25, 0.3) is 11.0 Å². The standard InChI is InChI=1S/C17H15NO5/c1-10-6-7-15(22-10)13(19)9-18-16(20)12-8-11-4-2-3-5-14(11)23-17(12)21/h2-8,13,19H,9H2,1H3,(H,18,20). The first kappa shape index (κ1) is 15.1. The second-order valence-corrected chi connectivity index (χ2v) is 5.16. The van der Waals surface area contributed by atoms with E-state index in [4.69, 9.17) is 8.83 Å². The number of carbonyl (C=O) groups is 1. The summed E-state index contributed by atoms with van der Waals surface area (Å²) < 4.78 is 10.4. The maximum absolute atomic E-state index is 12.1. The van der Waals surface area contributed by atoms with Crippen LogP contribution in [-0.2, 0) is 0 Å². The molecule has 1 unspecified atom stereocenters. The Kier molecular flexibility index (Phi) is 3.99. The van der Waals surface area contributed by atoms with Gasteiger partial charge in [-0.25, -0.2) is 4.79 Å². The van der Waals surface area contributed by atoms with E-state index in [0.717, 1.165) is 0 Å². The third kappa shape index (κ3) is 3.17. The lowest BCUT2D eigenvalue weighted by Gasteiger charge is -2.09. The Morgan fingerprint density at radius 3 is 2.74 bits per heavy atom. The average Bonchev–Trinajstić information content (AvgIpc) is 2.98. The lowest BCUT2D eigenvalue weighted by Crippen LogP contribution is -2.31. The summed E-state index contributed by atoms with van der Waals surface area (Å²) in [5.74, 6) is 0.417. The van der Waals surface area contributed by atoms with Crippen LogP contribution in [0.15, 0.2) is 56.1 Å². The molecule has 2 aromatic heterocycles. The number of aliphatic hydroxyl groups excluding tert-OH is 1. The van der Waals surface area contributed by atoms with Crippen LogP contribution in [-0.4, -0.2) is 17.6 Å². The van der Waals surface area contributed by atoms with Crippen molar-refractivity contribution in [2.45, 2.75) is 13.0 Å². The molecule has 0 spiro atoms. The molecule has 2 heterocycles. The summed E-state index contributed by atoms with van der Waals surface area (Å²) in [5.41, 5.74) is -0.406. The first-order valence-electron chi connectivity index (χ1n) is 7.10. The highest BCUT2D eigenvalue weighted by atomic mass is 16.4. The molecule has 1 aromatic carbocycles. The maximum Gasteiger partial charge on any atom is 0.349 e. The van der Waals surface area contributed by atoms with E-state index in [9.17, 15) is 14.7 Å². The largest absolute Gasteiger partial charge is 0.464 e. The van der Waals surface area contributed by atoms with Crippen LogP contribution in [0.5, 0.6) is 0 Å². The molecule has 0 saturated heterocycles. The van der Waals surface area contributed by atoms with Crippen LogP contribution in [0, 0.1) is 6.92 Å². The van der Waals surface area contributed by atoms with Crippen molar-refractivity contribution in [3.8, 4) is 0 Å². The number of nitrogens with one attached hydrogen (secondary N) is 1. The topological polar surface area (TPSA) is 92.7 Å². The summed E-state index contributed by atoms with van der Waals surface area (Å²) in [6, 6.07) is 11.8. The van der Waals surface area contributed by atoms with Crippen molar-refractivity contribution in [2.24, 2.45) is 0 Å². The minimum atomic E-state index is -0.986. The molecule has 1 atom stereocenters. The van der Waals surface area contributed by atoms with Crippen LogP contribution in [0.1, 0.15) is 28.0 Å². The summed E-state index contributed by atoms with van der Waals surface area (Å²) in [6.07, 6.45) is -0.986. The zero-order chi connectivity index (χ0) is 16.4. The van der Waals surface area contributed by atoms with Gasteiger partial charge in [-0.1, -0.05) is 18.2 Å². The van der Waals surface area contributed by atoms with E-state index in [-0.39, 0.29) is 12.1 Å². The van der Waals surface area contributed by atoms with Crippen molar-refractivity contribution < 1.29 is 18.7 Å². The Morgan fingerprint density at radius 1 is 1.22 bits per heavy atom. The van der Waals surface area contributed by atoms with Gasteiger partial charge < -0.3 is 19.3 Å². The van der Waals surface area contributed by atoms with Crippen molar-refractivity contribution in [1.82, 2.24) is 5.32 Å². The van der Waals surface area contributed by atoms with E-state index in [1.54, 1.807) is 43.3 Å². The van der Waals surface area contributed by atoms with Gasteiger partial charge in [0.05, 0.1) is 6.54 Å². The first-order valence-corrected chi connectivity index (χ1v) is 7.10. The lowest BCUT2D eigenvalue weighted by atomic mass is 10.1. The summed E-state index contributed by atoms with van der Waals surface area (Å²) >= 11 is 0. The SMILES string of the molecule is Cc1ccc(C(O)CNC(=O)c2cc3ccccc3oc2=O)o1. The van der Waals surface area contributed by atoms with Gasteiger partial charge in [-0.05, 0) is 31.2 Å². The van der Waals surface area contributed by atoms with Gasteiger partial charge in [0.1, 0.15) is 28.8 Å². The normalized spacial score (nSPS) is 12.3. The van der Waals surface area contributed by atoms with E-state index in [0.29, 0.717) is 22.5 Å². The van der Waals surface area contributed by atoms with Crippen LogP contribution >= 0.6 is 0 Å². The third-order valence-corrected chi connectivity index (χ3v) is 3.43. The molecule has 23 heavy (non-hydrogen) atoms. The monoisotopic (exact) mass is 313 g/mol. The third-order valence-electron chi connectivity index (χ3n) is 3.43. The number of aliphatic hydroxyl groups is 1. The smallest absolute Gasteiger partial charge is 0.349 e. The molecule has 118 valence electrons. The van der Waals surface area contributed by atoms with E-state index >= 15 is 0 Å². The Morgan fingerprint density at radius 2 is 2.00 bits per heavy atom. The lowest BCUT2D eigenvalue weighted by molar-refractivity contribution is 0.0897. The highest BCUT2D eigenvalue weighted by Crippen LogP contribution is 2.16. The van der Waals surface area contributed by atoms with Gasteiger partial charge in [-0.3, -0.25) is 4.79 Å². The number of para-hydroxylation sites is 1. The molecule has 6 nitrogen and oxygen atoms in total. The fourth-order valence-corrected chi connectivity index (χ4v) is 2.24. The molecule has 2 N–H and O–H groups in total. The van der Waals surface area contributed by atoms with Gasteiger partial charge >= 0.3 is 5.63 Å². The van der Waals surface area contributed by atoms with Crippen molar-refractivity contribution in [1.29, 1.82) is 0 Å². The number of benzene rings is 1. The predicted octanol–water partition coefficient (Wildman–Crippen LogP) is 2.16. The summed E-state index contributed by atoms with van der Waals surface area (Å²) in [5, 5.41) is 13.1. The van der Waals surface area contributed by atoms with Crippen LogP contribution < -0.4 is 10.9 Å². The number of aryl methyl sites for hydroxylation is 1. The predicted molar refractivity (Wildman–Crippen MR) is 83.2 cm³/mol. The van der Waals surface area contributed by atoms with Gasteiger partial charge in [0, 0.05) is 5.39 Å². The Bertz CT molecular complexity index is 908. The average molecular weight is 313 g/mol. The van der Waals surface area contributed by atoms with E-state index < -0.39 is 17.6 Å². The molecule has 0 aliphatic carbocycles. The van der Waals surface area contributed by atoms with Crippen molar-refractivity contribution in [3.05, 3.63) is 70.0 Å². The molecule has 6 heteroatoms. The van der Waals surface area contributed by atoms with Gasteiger partial charge in [-0.15, -0.1) is 0 Å². The molecule has 0 fully saturated rings. The number of furan rings is 1. The quantitative estimate of drug-likeness (QED) is 0.720. The minimum Gasteiger partial charge on any atom is -0.464 e. The van der Waals surface area contributed by atoms with Crippen LogP contribution in [0.3, 0.4) is 0 Å². The summed E-state index contributed by atoms with van der Waals surface area (Å²) in [4.78, 5) is 24.0. The summed E-state index contributed by atoms with van der Waals surface area (Å²) in [6.45, 7) is 1.69. The molecule has 0 aliphatic heterocycles. The zero-order valence-electron chi connectivity index (χ0n) is 12.4. The number of rotatable bonds is 4. The first-order chi connectivity index (χ1) is 11.0. The number of hydrogen-bond donors (Lipinski definition) is 2. The van der Waals surface area contributed by atoms with Crippen LogP contribution in [0.4, 0.5) is 0 Å². The zero-order valence-corrected chi connectivity index (χ0v) is 12.4. The second-order valence-electron chi connectivity index (χ2n) is 5.16. The fraction of sp³-hybridized carbons (Fsp3) is 0.176. The second kappa shape index (κ2) is 6.10. The van der Waals surface area contributed by atoms with Crippen molar-refractivity contribution in [2.75, 3.05) is 6.54 Å². The number of hydrogen-bond acceptors (Lipinski definition) is 5. The van der Waals surface area contributed by atoms with Gasteiger partial charge in [0.15, 0.2) is 0 Å².